The van der Waals surface area contributed by atoms with E-state index in [9.17, 15) is 0 Å². The number of halogens is 2. The van der Waals surface area contributed by atoms with Crippen LogP contribution in [0.15, 0.2) is 0 Å². The molecule has 0 saturated heterocycles. The molecule has 120 valence electrons. The van der Waals surface area contributed by atoms with Crippen LogP contribution in [0.4, 0.5) is 0 Å². The van der Waals surface area contributed by atoms with E-state index in [-0.39, 0.29) is 0 Å². The molecule has 0 radical (unpaired) electrons. The monoisotopic (exact) mass is 474 g/mol. The minimum atomic E-state index is -1.64. The van der Waals surface area contributed by atoms with Crippen molar-refractivity contribution in [2.45, 2.75) is 65.6 Å². The molecule has 3 atom stereocenters. The van der Waals surface area contributed by atoms with E-state index >= 15 is 0 Å². The smallest absolute Gasteiger partial charge is 0.192 e. The van der Waals surface area contributed by atoms with Crippen LogP contribution in [0, 0.1) is 16.7 Å². The van der Waals surface area contributed by atoms with E-state index in [1.807, 2.05) is 0 Å². The van der Waals surface area contributed by atoms with Crippen molar-refractivity contribution in [3.05, 3.63) is 0 Å². The van der Waals surface area contributed by atoms with Crippen LogP contribution in [-0.4, -0.2) is 24.7 Å². The summed E-state index contributed by atoms with van der Waals surface area (Å²) in [6.07, 6.45) is 2.65. The molecule has 1 nitrogen and oxygen atoms in total. The zero-order chi connectivity index (χ0) is 15.8. The molecule has 3 unspecified atom stereocenters. The molecular weight excluding hydrogens is 443 g/mol. The maximum atomic E-state index is 6.59. The van der Waals surface area contributed by atoms with Crippen LogP contribution in [0.3, 0.4) is 0 Å². The van der Waals surface area contributed by atoms with Crippen molar-refractivity contribution in [1.29, 1.82) is 0 Å². The zero-order valence-corrected chi connectivity index (χ0v) is 19.0. The molecule has 0 bridgehead atoms. The molecule has 1 aliphatic carbocycles. The third-order valence-electron chi connectivity index (χ3n) is 6.35. The summed E-state index contributed by atoms with van der Waals surface area (Å²) >= 11 is 6.36. The molecule has 0 N–H and O–H groups in total. The van der Waals surface area contributed by atoms with E-state index in [2.05, 4.69) is 86.2 Å². The number of hydrogen-bond donors (Lipinski definition) is 0. The van der Waals surface area contributed by atoms with Gasteiger partial charge in [-0.1, -0.05) is 73.1 Å². The van der Waals surface area contributed by atoms with Gasteiger partial charge < -0.3 is 4.43 Å². The van der Waals surface area contributed by atoms with Crippen molar-refractivity contribution < 1.29 is 4.43 Å². The van der Waals surface area contributed by atoms with Gasteiger partial charge in [0.1, 0.15) is 0 Å². The van der Waals surface area contributed by atoms with Crippen molar-refractivity contribution in [3.63, 3.8) is 0 Å². The largest absolute Gasteiger partial charge is 0.416 e. The van der Waals surface area contributed by atoms with E-state index in [0.29, 0.717) is 15.9 Å². The van der Waals surface area contributed by atoms with Crippen LogP contribution >= 0.6 is 38.5 Å². The fourth-order valence-corrected chi connectivity index (χ4v) is 6.56. The lowest BCUT2D eigenvalue weighted by Gasteiger charge is -2.46. The number of hydrogen-bond acceptors (Lipinski definition) is 1. The van der Waals surface area contributed by atoms with Gasteiger partial charge in [-0.05, 0) is 47.7 Å². The van der Waals surface area contributed by atoms with Gasteiger partial charge in [-0.25, -0.2) is 0 Å². The van der Waals surface area contributed by atoms with E-state index in [4.69, 9.17) is 4.43 Å². The molecule has 0 amide bonds. The first kappa shape index (κ1) is 19.4. The molecule has 0 aliphatic heterocycles. The lowest BCUT2D eigenvalue weighted by atomic mass is 9.66. The predicted octanol–water partition coefficient (Wildman–Crippen LogP) is 6.26. The van der Waals surface area contributed by atoms with Gasteiger partial charge in [-0.3, -0.25) is 0 Å². The Morgan fingerprint density at radius 2 is 1.85 bits per heavy atom. The molecule has 0 spiro atoms. The van der Waals surface area contributed by atoms with E-state index < -0.39 is 8.32 Å². The first-order valence-electron chi connectivity index (χ1n) is 7.69. The minimum Gasteiger partial charge on any atom is -0.416 e. The highest BCUT2D eigenvalue weighted by molar-refractivity contribution is 14.1. The van der Waals surface area contributed by atoms with Crippen LogP contribution in [0.2, 0.25) is 18.1 Å². The lowest BCUT2D eigenvalue weighted by molar-refractivity contribution is 0.0411. The minimum absolute atomic E-state index is 0.301. The molecule has 1 aliphatic rings. The van der Waals surface area contributed by atoms with Crippen LogP contribution < -0.4 is 0 Å². The molecular formula is C16H32BrIOSi. The first-order chi connectivity index (χ1) is 8.93. The quantitative estimate of drug-likeness (QED) is 0.259. The molecule has 1 saturated carbocycles. The van der Waals surface area contributed by atoms with Gasteiger partial charge in [0.25, 0.3) is 0 Å². The third kappa shape index (κ3) is 3.48. The predicted molar refractivity (Wildman–Crippen MR) is 105 cm³/mol. The Kier molecular flexibility index (Phi) is 6.30. The maximum absolute atomic E-state index is 6.59. The van der Waals surface area contributed by atoms with E-state index in [0.717, 1.165) is 17.9 Å². The fraction of sp³-hybridized carbons (Fsp3) is 1.00. The van der Waals surface area contributed by atoms with Crippen molar-refractivity contribution >= 4 is 46.8 Å². The highest BCUT2D eigenvalue weighted by Crippen LogP contribution is 2.58. The van der Waals surface area contributed by atoms with Crippen LogP contribution in [0.25, 0.3) is 0 Å². The Hall–Kier alpha value is 1.39. The van der Waals surface area contributed by atoms with E-state index in [1.54, 1.807) is 0 Å². The summed E-state index contributed by atoms with van der Waals surface area (Å²) in [6.45, 7) is 17.6. The topological polar surface area (TPSA) is 9.23 Å². The molecule has 0 heterocycles. The standard InChI is InChI=1S/C16H32BrIOSi/c1-14(2,3)20(6,7)19-12-15(4)9-8-13(10-18)16(15,5)11-17/h13H,8-12H2,1-7H3. The van der Waals surface area contributed by atoms with Gasteiger partial charge in [0, 0.05) is 16.4 Å². The molecule has 4 heteroatoms. The summed E-state index contributed by atoms with van der Waals surface area (Å²) in [5, 5.41) is 1.39. The Labute approximate surface area is 149 Å². The molecule has 0 aromatic rings. The van der Waals surface area contributed by atoms with Crippen molar-refractivity contribution in [2.24, 2.45) is 16.7 Å². The second kappa shape index (κ2) is 6.48. The Morgan fingerprint density at radius 3 is 2.25 bits per heavy atom. The Morgan fingerprint density at radius 1 is 1.30 bits per heavy atom. The summed E-state index contributed by atoms with van der Waals surface area (Å²) in [5.74, 6) is 0.815. The summed E-state index contributed by atoms with van der Waals surface area (Å²) in [4.78, 5) is 0. The van der Waals surface area contributed by atoms with Crippen LogP contribution in [-0.2, 0) is 4.43 Å². The molecule has 0 aromatic carbocycles. The van der Waals surface area contributed by atoms with Gasteiger partial charge >= 0.3 is 0 Å². The van der Waals surface area contributed by atoms with Gasteiger partial charge in [-0.2, -0.15) is 0 Å². The molecule has 20 heavy (non-hydrogen) atoms. The van der Waals surface area contributed by atoms with Crippen molar-refractivity contribution in [1.82, 2.24) is 0 Å². The molecule has 0 aromatic heterocycles. The summed E-state index contributed by atoms with van der Waals surface area (Å²) in [6, 6.07) is 0. The number of rotatable bonds is 5. The molecule has 1 fully saturated rings. The Bertz CT molecular complexity index is 342. The average Bonchev–Trinajstić information content (AvgIpc) is 2.59. The highest BCUT2D eigenvalue weighted by Gasteiger charge is 2.54. The SMILES string of the molecule is CC1(CO[Si](C)(C)C(C)(C)C)CCC(CI)C1(C)CBr. The second-order valence-corrected chi connectivity index (χ2v) is 14.8. The average molecular weight is 475 g/mol. The van der Waals surface area contributed by atoms with E-state index in [1.165, 1.54) is 17.3 Å². The third-order valence-corrected chi connectivity index (χ3v) is 13.1. The zero-order valence-electron chi connectivity index (χ0n) is 14.3. The normalized spacial score (nSPS) is 35.5. The second-order valence-electron chi connectivity index (χ2n) is 8.55. The Balaban J connectivity index is 2.86. The first-order valence-corrected chi connectivity index (χ1v) is 13.2. The molecule has 1 rings (SSSR count). The van der Waals surface area contributed by atoms with Gasteiger partial charge in [0.2, 0.25) is 0 Å². The lowest BCUT2D eigenvalue weighted by Crippen LogP contribution is -2.48. The maximum Gasteiger partial charge on any atom is 0.192 e. The van der Waals surface area contributed by atoms with Gasteiger partial charge in [-0.15, -0.1) is 0 Å². The fourth-order valence-electron chi connectivity index (χ4n) is 2.90. The van der Waals surface area contributed by atoms with Crippen molar-refractivity contribution in [2.75, 3.05) is 16.4 Å². The van der Waals surface area contributed by atoms with Crippen LogP contribution in [0.5, 0.6) is 0 Å². The van der Waals surface area contributed by atoms with Gasteiger partial charge in [0.15, 0.2) is 8.32 Å². The number of alkyl halides is 2. The summed E-state index contributed by atoms with van der Waals surface area (Å²) in [5.41, 5.74) is 0.665. The van der Waals surface area contributed by atoms with Crippen molar-refractivity contribution in [3.8, 4) is 0 Å². The summed E-state index contributed by atoms with van der Waals surface area (Å²) < 4.78 is 7.85. The van der Waals surface area contributed by atoms with Gasteiger partial charge in [0.05, 0.1) is 0 Å². The van der Waals surface area contributed by atoms with Crippen LogP contribution in [0.1, 0.15) is 47.5 Å². The summed E-state index contributed by atoms with van der Waals surface area (Å²) in [7, 11) is -1.64. The highest BCUT2D eigenvalue weighted by atomic mass is 127.